The third kappa shape index (κ3) is 25.9. The first kappa shape index (κ1) is 19.3. The van der Waals surface area contributed by atoms with Gasteiger partial charge in [0.05, 0.1) is 6.10 Å². The van der Waals surface area contributed by atoms with Crippen molar-refractivity contribution in [3.05, 3.63) is 0 Å². The van der Waals surface area contributed by atoms with Gasteiger partial charge < -0.3 is 9.47 Å². The summed E-state index contributed by atoms with van der Waals surface area (Å²) in [6, 6.07) is 0. The smallest absolute Gasteiger partial charge is 0.0518 e. The molecule has 0 saturated heterocycles. The lowest BCUT2D eigenvalue weighted by Gasteiger charge is -2.08. The highest BCUT2D eigenvalue weighted by Crippen LogP contribution is 1.97. The SMILES string of the molecule is CC(C)COC(C)C.CC(C)COCC(C)C. The summed E-state index contributed by atoms with van der Waals surface area (Å²) in [6.45, 7) is 19.8. The Kier molecular flexibility index (Phi) is 14.0. The van der Waals surface area contributed by atoms with Crippen molar-refractivity contribution in [1.82, 2.24) is 0 Å². The topological polar surface area (TPSA) is 18.5 Å². The van der Waals surface area contributed by atoms with Crippen molar-refractivity contribution in [3.63, 3.8) is 0 Å². The van der Waals surface area contributed by atoms with Gasteiger partial charge in [-0.15, -0.1) is 0 Å². The van der Waals surface area contributed by atoms with Gasteiger partial charge in [-0.25, -0.2) is 0 Å². The summed E-state index contributed by atoms with van der Waals surface area (Å²) >= 11 is 0. The highest BCUT2D eigenvalue weighted by atomic mass is 16.5. The predicted octanol–water partition coefficient (Wildman–Crippen LogP) is 4.38. The van der Waals surface area contributed by atoms with Gasteiger partial charge in [0.2, 0.25) is 0 Å². The van der Waals surface area contributed by atoms with Crippen LogP contribution in [0.5, 0.6) is 0 Å². The fourth-order valence-electron chi connectivity index (χ4n) is 0.924. The molecule has 2 nitrogen and oxygen atoms in total. The Balaban J connectivity index is 0. The van der Waals surface area contributed by atoms with Crippen LogP contribution in [0.15, 0.2) is 0 Å². The van der Waals surface area contributed by atoms with Crippen molar-refractivity contribution in [1.29, 1.82) is 0 Å². The zero-order valence-corrected chi connectivity index (χ0v) is 13.2. The number of rotatable bonds is 7. The Morgan fingerprint density at radius 2 is 0.941 bits per heavy atom. The van der Waals surface area contributed by atoms with E-state index < -0.39 is 0 Å². The fraction of sp³-hybridized carbons (Fsp3) is 1.00. The van der Waals surface area contributed by atoms with Gasteiger partial charge >= 0.3 is 0 Å². The number of ether oxygens (including phenoxy) is 2. The van der Waals surface area contributed by atoms with Gasteiger partial charge in [0, 0.05) is 19.8 Å². The maximum absolute atomic E-state index is 5.36. The molecule has 2 heteroatoms. The van der Waals surface area contributed by atoms with Crippen LogP contribution < -0.4 is 0 Å². The van der Waals surface area contributed by atoms with Crippen LogP contribution in [0, 0.1) is 17.8 Å². The number of hydrogen-bond acceptors (Lipinski definition) is 2. The quantitative estimate of drug-likeness (QED) is 0.663. The van der Waals surface area contributed by atoms with Gasteiger partial charge in [0.1, 0.15) is 0 Å². The monoisotopic (exact) mass is 246 g/mol. The van der Waals surface area contributed by atoms with Crippen molar-refractivity contribution in [2.45, 2.75) is 61.5 Å². The summed E-state index contributed by atoms with van der Waals surface area (Å²) < 4.78 is 10.7. The van der Waals surface area contributed by atoms with E-state index in [0.717, 1.165) is 19.8 Å². The molecule has 0 heterocycles. The van der Waals surface area contributed by atoms with E-state index in [2.05, 4.69) is 55.4 Å². The summed E-state index contributed by atoms with van der Waals surface area (Å²) in [5.41, 5.74) is 0. The molecule has 0 rings (SSSR count). The molecule has 0 aromatic carbocycles. The third-order valence-corrected chi connectivity index (χ3v) is 1.67. The van der Waals surface area contributed by atoms with Crippen LogP contribution in [-0.4, -0.2) is 25.9 Å². The standard InChI is InChI=1S/C8H18O.C7H16O/c1-7(2)5-9-6-8(3)4;1-6(2)5-8-7(3)4/h7-8H,5-6H2,1-4H3;6-7H,5H2,1-4H3. The first-order chi connectivity index (χ1) is 7.75. The molecular formula is C15H34O2. The van der Waals surface area contributed by atoms with Gasteiger partial charge in [-0.1, -0.05) is 41.5 Å². The molecule has 0 aliphatic heterocycles. The van der Waals surface area contributed by atoms with E-state index in [0.29, 0.717) is 23.9 Å². The second kappa shape index (κ2) is 12.4. The van der Waals surface area contributed by atoms with Crippen LogP contribution in [0.1, 0.15) is 55.4 Å². The van der Waals surface area contributed by atoms with E-state index in [1.165, 1.54) is 0 Å². The maximum Gasteiger partial charge on any atom is 0.0518 e. The average molecular weight is 246 g/mol. The molecule has 0 saturated carbocycles. The minimum absolute atomic E-state index is 0.386. The lowest BCUT2D eigenvalue weighted by atomic mass is 10.2. The highest BCUT2D eigenvalue weighted by molar-refractivity contribution is 4.43. The molecular weight excluding hydrogens is 212 g/mol. The van der Waals surface area contributed by atoms with Gasteiger partial charge in [-0.05, 0) is 31.6 Å². The molecule has 0 amide bonds. The average Bonchev–Trinajstić information content (AvgIpc) is 2.14. The van der Waals surface area contributed by atoms with Gasteiger partial charge in [0.15, 0.2) is 0 Å². The van der Waals surface area contributed by atoms with Crippen LogP contribution in [0.2, 0.25) is 0 Å². The molecule has 0 unspecified atom stereocenters. The van der Waals surface area contributed by atoms with E-state index in [9.17, 15) is 0 Å². The maximum atomic E-state index is 5.36. The first-order valence-corrected chi connectivity index (χ1v) is 6.95. The van der Waals surface area contributed by atoms with Gasteiger partial charge in [0.25, 0.3) is 0 Å². The minimum Gasteiger partial charge on any atom is -0.381 e. The van der Waals surface area contributed by atoms with Crippen molar-refractivity contribution in [2.75, 3.05) is 19.8 Å². The second-order valence-corrected chi connectivity index (χ2v) is 6.10. The minimum atomic E-state index is 0.386. The van der Waals surface area contributed by atoms with Gasteiger partial charge in [-0.2, -0.15) is 0 Å². The van der Waals surface area contributed by atoms with Gasteiger partial charge in [-0.3, -0.25) is 0 Å². The Bertz CT molecular complexity index is 124. The Morgan fingerprint density at radius 3 is 1.12 bits per heavy atom. The molecule has 0 atom stereocenters. The summed E-state index contributed by atoms with van der Waals surface area (Å²) in [7, 11) is 0. The van der Waals surface area contributed by atoms with Crippen molar-refractivity contribution < 1.29 is 9.47 Å². The van der Waals surface area contributed by atoms with Crippen LogP contribution in [0.4, 0.5) is 0 Å². The highest BCUT2D eigenvalue weighted by Gasteiger charge is 1.95. The Morgan fingerprint density at radius 1 is 0.588 bits per heavy atom. The van der Waals surface area contributed by atoms with E-state index in [4.69, 9.17) is 9.47 Å². The zero-order valence-electron chi connectivity index (χ0n) is 13.2. The Labute approximate surface area is 109 Å². The van der Waals surface area contributed by atoms with Crippen LogP contribution >= 0.6 is 0 Å². The number of hydrogen-bond donors (Lipinski definition) is 0. The molecule has 0 bridgehead atoms. The van der Waals surface area contributed by atoms with Crippen molar-refractivity contribution in [3.8, 4) is 0 Å². The van der Waals surface area contributed by atoms with Crippen LogP contribution in [0.3, 0.4) is 0 Å². The molecule has 106 valence electrons. The normalized spacial score (nSPS) is 11.3. The van der Waals surface area contributed by atoms with Crippen LogP contribution in [0.25, 0.3) is 0 Å². The lowest BCUT2D eigenvalue weighted by molar-refractivity contribution is 0.0593. The zero-order chi connectivity index (χ0) is 13.8. The van der Waals surface area contributed by atoms with E-state index in [-0.39, 0.29) is 0 Å². The van der Waals surface area contributed by atoms with Crippen LogP contribution in [-0.2, 0) is 9.47 Å². The summed E-state index contributed by atoms with van der Waals surface area (Å²) in [6.07, 6.45) is 0.386. The molecule has 17 heavy (non-hydrogen) atoms. The van der Waals surface area contributed by atoms with E-state index in [1.54, 1.807) is 0 Å². The fourth-order valence-corrected chi connectivity index (χ4v) is 0.924. The molecule has 0 aromatic heterocycles. The molecule has 0 radical (unpaired) electrons. The largest absolute Gasteiger partial charge is 0.381 e. The van der Waals surface area contributed by atoms with Crippen molar-refractivity contribution >= 4 is 0 Å². The molecule has 0 spiro atoms. The van der Waals surface area contributed by atoms with Crippen molar-refractivity contribution in [2.24, 2.45) is 17.8 Å². The molecule has 0 aromatic rings. The molecule has 0 fully saturated rings. The lowest BCUT2D eigenvalue weighted by Crippen LogP contribution is -2.08. The first-order valence-electron chi connectivity index (χ1n) is 6.95. The van der Waals surface area contributed by atoms with E-state index in [1.807, 2.05) is 0 Å². The second-order valence-electron chi connectivity index (χ2n) is 6.10. The van der Waals surface area contributed by atoms with E-state index >= 15 is 0 Å². The molecule has 0 N–H and O–H groups in total. The molecule has 0 aliphatic carbocycles. The third-order valence-electron chi connectivity index (χ3n) is 1.67. The summed E-state index contributed by atoms with van der Waals surface area (Å²) in [4.78, 5) is 0. The predicted molar refractivity (Wildman–Crippen MR) is 76.4 cm³/mol. The summed E-state index contributed by atoms with van der Waals surface area (Å²) in [5, 5.41) is 0. The molecule has 0 aliphatic rings. The Hall–Kier alpha value is -0.0800. The summed E-state index contributed by atoms with van der Waals surface area (Å²) in [5.74, 6) is 2.00.